The largest absolute Gasteiger partial charge is 0.497 e. The number of carbonyl (C=O) groups excluding carboxylic acids is 2. The van der Waals surface area contributed by atoms with Crippen LogP contribution < -0.4 is 20.1 Å². The number of halogens is 1. The smallest absolute Gasteiger partial charge is 0.252 e. The van der Waals surface area contributed by atoms with Gasteiger partial charge in [-0.2, -0.15) is 0 Å². The van der Waals surface area contributed by atoms with Gasteiger partial charge in [-0.25, -0.2) is 0 Å². The van der Waals surface area contributed by atoms with Gasteiger partial charge in [-0.05, 0) is 35.7 Å². The first kappa shape index (κ1) is 21.6. The van der Waals surface area contributed by atoms with Crippen LogP contribution in [0.25, 0.3) is 0 Å². The Kier molecular flexibility index (Phi) is 7.70. The maximum Gasteiger partial charge on any atom is 0.252 e. The number of benzene rings is 2. The predicted molar refractivity (Wildman–Crippen MR) is 109 cm³/mol. The van der Waals surface area contributed by atoms with Crippen molar-refractivity contribution in [3.63, 3.8) is 0 Å². The molecule has 1 unspecified atom stereocenters. The number of hydrogen-bond acceptors (Lipinski definition) is 4. The van der Waals surface area contributed by atoms with Gasteiger partial charge in [0, 0.05) is 23.2 Å². The molecule has 150 valence electrons. The lowest BCUT2D eigenvalue weighted by Gasteiger charge is -2.22. The minimum atomic E-state index is -0.683. The third-order valence-electron chi connectivity index (χ3n) is 4.23. The molecule has 2 N–H and O–H groups in total. The maximum absolute atomic E-state index is 12.7. The Morgan fingerprint density at radius 1 is 1.00 bits per heavy atom. The van der Waals surface area contributed by atoms with E-state index in [4.69, 9.17) is 21.1 Å². The van der Waals surface area contributed by atoms with Crippen molar-refractivity contribution in [2.75, 3.05) is 14.2 Å². The molecule has 2 aromatic carbocycles. The van der Waals surface area contributed by atoms with Crippen molar-refractivity contribution in [1.29, 1.82) is 0 Å². The molecular weight excluding hydrogens is 380 g/mol. The molecule has 0 bridgehead atoms. The summed E-state index contributed by atoms with van der Waals surface area (Å²) in [5.41, 5.74) is 1.27. The second kappa shape index (κ2) is 9.99. The molecule has 2 rings (SSSR count). The van der Waals surface area contributed by atoms with Gasteiger partial charge in [0.2, 0.25) is 5.91 Å². The van der Waals surface area contributed by atoms with Crippen molar-refractivity contribution in [1.82, 2.24) is 10.6 Å². The van der Waals surface area contributed by atoms with E-state index in [2.05, 4.69) is 10.6 Å². The van der Waals surface area contributed by atoms with Crippen molar-refractivity contribution < 1.29 is 19.1 Å². The summed E-state index contributed by atoms with van der Waals surface area (Å²) in [6.45, 7) is 4.10. The zero-order valence-electron chi connectivity index (χ0n) is 16.4. The number of rotatable bonds is 8. The summed E-state index contributed by atoms with van der Waals surface area (Å²) in [6.07, 6.45) is 0. The molecule has 0 radical (unpaired) electrons. The molecule has 28 heavy (non-hydrogen) atoms. The van der Waals surface area contributed by atoms with E-state index in [0.717, 1.165) is 5.56 Å². The van der Waals surface area contributed by atoms with E-state index < -0.39 is 6.04 Å². The zero-order valence-corrected chi connectivity index (χ0v) is 17.2. The van der Waals surface area contributed by atoms with Crippen LogP contribution in [0.3, 0.4) is 0 Å². The van der Waals surface area contributed by atoms with Gasteiger partial charge >= 0.3 is 0 Å². The first-order chi connectivity index (χ1) is 13.3. The maximum atomic E-state index is 12.7. The van der Waals surface area contributed by atoms with E-state index in [9.17, 15) is 9.59 Å². The number of ether oxygens (including phenoxy) is 2. The summed E-state index contributed by atoms with van der Waals surface area (Å²) in [4.78, 5) is 25.3. The fourth-order valence-corrected chi connectivity index (χ4v) is 2.73. The van der Waals surface area contributed by atoms with E-state index in [1.54, 1.807) is 30.3 Å². The lowest BCUT2D eigenvalue weighted by atomic mass is 10.0. The van der Waals surface area contributed by atoms with E-state index in [1.165, 1.54) is 14.2 Å². The van der Waals surface area contributed by atoms with Gasteiger partial charge in [0.1, 0.15) is 17.5 Å². The van der Waals surface area contributed by atoms with E-state index >= 15 is 0 Å². The molecular formula is C21H25ClN2O4. The number of hydrogen-bond donors (Lipinski definition) is 2. The SMILES string of the molecule is COc1cc(OC)cc(C(=O)NC(C(=O)NCc2ccc(Cl)cc2)C(C)C)c1. The van der Waals surface area contributed by atoms with Crippen molar-refractivity contribution in [2.24, 2.45) is 5.92 Å². The van der Waals surface area contributed by atoms with Crippen molar-refractivity contribution >= 4 is 23.4 Å². The number of amides is 2. The molecule has 0 aliphatic rings. The van der Waals surface area contributed by atoms with E-state index in [-0.39, 0.29) is 17.7 Å². The van der Waals surface area contributed by atoms with Crippen LogP contribution in [-0.4, -0.2) is 32.1 Å². The Labute approximate surface area is 170 Å². The highest BCUT2D eigenvalue weighted by Crippen LogP contribution is 2.22. The van der Waals surface area contributed by atoms with Crippen molar-refractivity contribution in [3.05, 3.63) is 58.6 Å². The molecule has 7 heteroatoms. The van der Waals surface area contributed by atoms with Crippen LogP contribution in [0.15, 0.2) is 42.5 Å². The second-order valence-corrected chi connectivity index (χ2v) is 7.08. The Hall–Kier alpha value is -2.73. The van der Waals surface area contributed by atoms with Gasteiger partial charge in [0.15, 0.2) is 0 Å². The molecule has 6 nitrogen and oxygen atoms in total. The summed E-state index contributed by atoms with van der Waals surface area (Å²) in [6, 6.07) is 11.4. The van der Waals surface area contributed by atoms with Gasteiger partial charge in [-0.3, -0.25) is 9.59 Å². The van der Waals surface area contributed by atoms with E-state index in [0.29, 0.717) is 28.6 Å². The van der Waals surface area contributed by atoms with Crippen molar-refractivity contribution in [3.8, 4) is 11.5 Å². The molecule has 2 aromatic rings. The highest BCUT2D eigenvalue weighted by molar-refractivity contribution is 6.30. The molecule has 0 saturated heterocycles. The quantitative estimate of drug-likeness (QED) is 0.706. The van der Waals surface area contributed by atoms with Crippen LogP contribution in [0.2, 0.25) is 5.02 Å². The zero-order chi connectivity index (χ0) is 20.7. The van der Waals surface area contributed by atoms with Crippen LogP contribution in [0.1, 0.15) is 29.8 Å². The molecule has 0 aliphatic carbocycles. The summed E-state index contributed by atoms with van der Waals surface area (Å²) in [5, 5.41) is 6.29. The molecule has 0 saturated carbocycles. The fraction of sp³-hybridized carbons (Fsp3) is 0.333. The number of carbonyl (C=O) groups is 2. The average molecular weight is 405 g/mol. The third-order valence-corrected chi connectivity index (χ3v) is 4.48. The Morgan fingerprint density at radius 2 is 1.57 bits per heavy atom. The van der Waals surface area contributed by atoms with Crippen LogP contribution in [0, 0.1) is 5.92 Å². The first-order valence-corrected chi connectivity index (χ1v) is 9.28. The summed E-state index contributed by atoms with van der Waals surface area (Å²) >= 11 is 5.87. The number of nitrogens with one attached hydrogen (secondary N) is 2. The van der Waals surface area contributed by atoms with Gasteiger partial charge in [-0.15, -0.1) is 0 Å². The standard InChI is InChI=1S/C21H25ClN2O4/c1-13(2)19(21(26)23-12-14-5-7-16(22)8-6-14)24-20(25)15-9-17(27-3)11-18(10-15)28-4/h5-11,13,19H,12H2,1-4H3,(H,23,26)(H,24,25). The highest BCUT2D eigenvalue weighted by atomic mass is 35.5. The predicted octanol–water partition coefficient (Wildman–Crippen LogP) is 3.43. The summed E-state index contributed by atoms with van der Waals surface area (Å²) in [5.74, 6) is 0.267. The molecule has 0 aliphatic heterocycles. The Morgan fingerprint density at radius 3 is 2.07 bits per heavy atom. The van der Waals surface area contributed by atoms with Gasteiger partial charge < -0.3 is 20.1 Å². The highest BCUT2D eigenvalue weighted by Gasteiger charge is 2.25. The third kappa shape index (κ3) is 5.89. The average Bonchev–Trinajstić information content (AvgIpc) is 2.70. The normalized spacial score (nSPS) is 11.6. The molecule has 0 spiro atoms. The van der Waals surface area contributed by atoms with Crippen LogP contribution in [-0.2, 0) is 11.3 Å². The lowest BCUT2D eigenvalue weighted by molar-refractivity contribution is -0.124. The van der Waals surface area contributed by atoms with Gasteiger partial charge in [0.25, 0.3) is 5.91 Å². The van der Waals surface area contributed by atoms with Crippen LogP contribution >= 0.6 is 11.6 Å². The van der Waals surface area contributed by atoms with Gasteiger partial charge in [-0.1, -0.05) is 37.6 Å². The molecule has 0 fully saturated rings. The molecule has 2 amide bonds. The topological polar surface area (TPSA) is 76.7 Å². The lowest BCUT2D eigenvalue weighted by Crippen LogP contribution is -2.49. The Bertz CT molecular complexity index is 799. The van der Waals surface area contributed by atoms with Crippen LogP contribution in [0.5, 0.6) is 11.5 Å². The van der Waals surface area contributed by atoms with Crippen molar-refractivity contribution in [2.45, 2.75) is 26.4 Å². The monoisotopic (exact) mass is 404 g/mol. The fourth-order valence-electron chi connectivity index (χ4n) is 2.60. The number of methoxy groups -OCH3 is 2. The minimum absolute atomic E-state index is 0.0957. The minimum Gasteiger partial charge on any atom is -0.497 e. The molecule has 1 atom stereocenters. The van der Waals surface area contributed by atoms with Crippen LogP contribution in [0.4, 0.5) is 0 Å². The molecule has 0 aromatic heterocycles. The van der Waals surface area contributed by atoms with Gasteiger partial charge in [0.05, 0.1) is 14.2 Å². The second-order valence-electron chi connectivity index (χ2n) is 6.64. The molecule has 0 heterocycles. The summed E-state index contributed by atoms with van der Waals surface area (Å²) < 4.78 is 10.4. The first-order valence-electron chi connectivity index (χ1n) is 8.90. The Balaban J connectivity index is 2.07. The van der Waals surface area contributed by atoms with E-state index in [1.807, 2.05) is 26.0 Å². The summed E-state index contributed by atoms with van der Waals surface area (Å²) in [7, 11) is 3.02.